The Hall–Kier alpha value is -2.24. The first-order valence-electron chi connectivity index (χ1n) is 5.62. The van der Waals surface area contributed by atoms with Crippen LogP contribution in [0.3, 0.4) is 0 Å². The van der Waals surface area contributed by atoms with Gasteiger partial charge in [0.1, 0.15) is 5.56 Å². The minimum absolute atomic E-state index is 0.0104. The molecule has 0 radical (unpaired) electrons. The Morgan fingerprint density at radius 1 is 1.37 bits per heavy atom. The van der Waals surface area contributed by atoms with E-state index in [2.05, 4.69) is 5.10 Å². The molecule has 6 heteroatoms. The number of hydrogen-bond donors (Lipinski definition) is 1. The highest BCUT2D eigenvalue weighted by molar-refractivity contribution is 5.90. The van der Waals surface area contributed by atoms with Crippen molar-refractivity contribution in [3.8, 4) is 0 Å². The summed E-state index contributed by atoms with van der Waals surface area (Å²) in [5.74, 6) is -2.95. The summed E-state index contributed by atoms with van der Waals surface area (Å²) in [5.41, 5.74) is 0.981. The van der Waals surface area contributed by atoms with Crippen LogP contribution in [-0.2, 0) is 6.54 Å². The second-order valence-corrected chi connectivity index (χ2v) is 4.22. The Balaban J connectivity index is 2.42. The van der Waals surface area contributed by atoms with Gasteiger partial charge in [-0.05, 0) is 19.9 Å². The van der Waals surface area contributed by atoms with Crippen LogP contribution >= 0.6 is 0 Å². The second kappa shape index (κ2) is 4.79. The van der Waals surface area contributed by atoms with Crippen molar-refractivity contribution in [2.75, 3.05) is 0 Å². The average molecular weight is 266 g/mol. The maximum Gasteiger partial charge on any atom is 0.339 e. The fourth-order valence-electron chi connectivity index (χ4n) is 1.99. The van der Waals surface area contributed by atoms with Crippen LogP contribution in [0.25, 0.3) is 0 Å². The number of rotatable bonds is 3. The lowest BCUT2D eigenvalue weighted by Gasteiger charge is -2.06. The van der Waals surface area contributed by atoms with Gasteiger partial charge in [0, 0.05) is 5.56 Å². The van der Waals surface area contributed by atoms with E-state index in [-0.39, 0.29) is 17.7 Å². The fraction of sp³-hybridized carbons (Fsp3) is 0.231. The summed E-state index contributed by atoms with van der Waals surface area (Å²) >= 11 is 0. The Kier molecular flexibility index (Phi) is 3.33. The van der Waals surface area contributed by atoms with Crippen LogP contribution < -0.4 is 0 Å². The molecule has 0 fully saturated rings. The molecule has 0 amide bonds. The molecule has 0 bridgehead atoms. The van der Waals surface area contributed by atoms with E-state index in [0.29, 0.717) is 11.4 Å². The molecule has 1 aromatic carbocycles. The molecule has 2 aromatic rings. The third kappa shape index (κ3) is 2.33. The lowest BCUT2D eigenvalue weighted by Crippen LogP contribution is -2.08. The Labute approximate surface area is 108 Å². The molecule has 0 saturated carbocycles. The molecule has 1 heterocycles. The standard InChI is InChI=1S/C13H12F2N2O2/c1-7-11(13(18)19)8(2)17(16-7)6-9-4-3-5-10(14)12(9)15/h3-5H,6H2,1-2H3,(H,18,19). The van der Waals surface area contributed by atoms with Crippen molar-refractivity contribution in [3.63, 3.8) is 0 Å². The van der Waals surface area contributed by atoms with Gasteiger partial charge in [-0.15, -0.1) is 0 Å². The first-order chi connectivity index (χ1) is 8.91. The monoisotopic (exact) mass is 266 g/mol. The number of aromatic nitrogens is 2. The molecule has 19 heavy (non-hydrogen) atoms. The molecule has 1 N–H and O–H groups in total. The van der Waals surface area contributed by atoms with Gasteiger partial charge >= 0.3 is 5.97 Å². The summed E-state index contributed by atoms with van der Waals surface area (Å²) in [6.45, 7) is 3.14. The van der Waals surface area contributed by atoms with Crippen LogP contribution in [0.15, 0.2) is 18.2 Å². The van der Waals surface area contributed by atoms with Crippen molar-refractivity contribution in [2.24, 2.45) is 0 Å². The van der Waals surface area contributed by atoms with E-state index >= 15 is 0 Å². The Morgan fingerprint density at radius 3 is 2.63 bits per heavy atom. The molecule has 0 aliphatic rings. The number of benzene rings is 1. The number of carbonyl (C=O) groups is 1. The van der Waals surface area contributed by atoms with Crippen molar-refractivity contribution in [1.29, 1.82) is 0 Å². The third-order valence-corrected chi connectivity index (χ3v) is 2.95. The van der Waals surface area contributed by atoms with Gasteiger partial charge in [0.15, 0.2) is 11.6 Å². The molecular weight excluding hydrogens is 254 g/mol. The zero-order valence-electron chi connectivity index (χ0n) is 10.4. The number of carboxylic acid groups (broad SMARTS) is 1. The zero-order chi connectivity index (χ0) is 14.2. The van der Waals surface area contributed by atoms with Gasteiger partial charge in [-0.3, -0.25) is 4.68 Å². The van der Waals surface area contributed by atoms with E-state index in [1.165, 1.54) is 16.8 Å². The largest absolute Gasteiger partial charge is 0.478 e. The van der Waals surface area contributed by atoms with E-state index in [0.717, 1.165) is 6.07 Å². The molecule has 0 aliphatic carbocycles. The van der Waals surface area contributed by atoms with Crippen molar-refractivity contribution < 1.29 is 18.7 Å². The highest BCUT2D eigenvalue weighted by Crippen LogP contribution is 2.17. The fourth-order valence-corrected chi connectivity index (χ4v) is 1.99. The van der Waals surface area contributed by atoms with Gasteiger partial charge in [-0.25, -0.2) is 13.6 Å². The van der Waals surface area contributed by atoms with Gasteiger partial charge < -0.3 is 5.11 Å². The van der Waals surface area contributed by atoms with Crippen LogP contribution in [0, 0.1) is 25.5 Å². The van der Waals surface area contributed by atoms with Crippen LogP contribution in [0.1, 0.15) is 27.3 Å². The summed E-state index contributed by atoms with van der Waals surface area (Å²) in [6.07, 6.45) is 0. The number of halogens is 2. The van der Waals surface area contributed by atoms with E-state index in [1.54, 1.807) is 13.8 Å². The smallest absolute Gasteiger partial charge is 0.339 e. The molecule has 100 valence electrons. The molecule has 0 unspecified atom stereocenters. The van der Waals surface area contributed by atoms with Crippen molar-refractivity contribution >= 4 is 5.97 Å². The topological polar surface area (TPSA) is 55.1 Å². The van der Waals surface area contributed by atoms with Gasteiger partial charge in [-0.2, -0.15) is 5.10 Å². The lowest BCUT2D eigenvalue weighted by atomic mass is 10.2. The van der Waals surface area contributed by atoms with Crippen molar-refractivity contribution in [1.82, 2.24) is 9.78 Å². The number of nitrogens with zero attached hydrogens (tertiary/aromatic N) is 2. The van der Waals surface area contributed by atoms with E-state index in [4.69, 9.17) is 5.11 Å². The molecule has 1 aromatic heterocycles. The van der Waals surface area contributed by atoms with Crippen LogP contribution in [0.2, 0.25) is 0 Å². The molecular formula is C13H12F2N2O2. The van der Waals surface area contributed by atoms with Gasteiger partial charge in [0.2, 0.25) is 0 Å². The maximum absolute atomic E-state index is 13.6. The molecule has 4 nitrogen and oxygen atoms in total. The third-order valence-electron chi connectivity index (χ3n) is 2.95. The molecule has 0 saturated heterocycles. The van der Waals surface area contributed by atoms with Crippen LogP contribution in [-0.4, -0.2) is 20.9 Å². The van der Waals surface area contributed by atoms with Gasteiger partial charge in [-0.1, -0.05) is 12.1 Å². The highest BCUT2D eigenvalue weighted by atomic mass is 19.2. The quantitative estimate of drug-likeness (QED) is 0.928. The van der Waals surface area contributed by atoms with Crippen molar-refractivity contribution in [2.45, 2.75) is 20.4 Å². The van der Waals surface area contributed by atoms with Crippen molar-refractivity contribution in [3.05, 3.63) is 52.3 Å². The summed E-state index contributed by atoms with van der Waals surface area (Å²) in [4.78, 5) is 11.0. The van der Waals surface area contributed by atoms with E-state index in [9.17, 15) is 13.6 Å². The molecule has 2 rings (SSSR count). The zero-order valence-corrected chi connectivity index (χ0v) is 10.4. The van der Waals surface area contributed by atoms with E-state index < -0.39 is 17.6 Å². The number of aromatic carboxylic acids is 1. The number of carboxylic acids is 1. The highest BCUT2D eigenvalue weighted by Gasteiger charge is 2.18. The Morgan fingerprint density at radius 2 is 2.05 bits per heavy atom. The predicted molar refractivity (Wildman–Crippen MR) is 64.1 cm³/mol. The number of hydrogen-bond acceptors (Lipinski definition) is 2. The summed E-state index contributed by atoms with van der Waals surface area (Å²) < 4.78 is 28.0. The average Bonchev–Trinajstić information content (AvgIpc) is 2.60. The molecule has 0 aliphatic heterocycles. The summed E-state index contributed by atoms with van der Waals surface area (Å²) in [5, 5.41) is 13.1. The van der Waals surface area contributed by atoms with Gasteiger partial charge in [0.05, 0.1) is 17.9 Å². The summed E-state index contributed by atoms with van der Waals surface area (Å²) in [7, 11) is 0. The second-order valence-electron chi connectivity index (χ2n) is 4.22. The first-order valence-corrected chi connectivity index (χ1v) is 5.62. The van der Waals surface area contributed by atoms with Crippen LogP contribution in [0.5, 0.6) is 0 Å². The normalized spacial score (nSPS) is 10.7. The Bertz CT molecular complexity index is 650. The predicted octanol–water partition coefficient (Wildman–Crippen LogP) is 2.52. The van der Waals surface area contributed by atoms with Gasteiger partial charge in [0.25, 0.3) is 0 Å². The minimum atomic E-state index is -1.08. The SMILES string of the molecule is Cc1nn(Cc2cccc(F)c2F)c(C)c1C(=O)O. The lowest BCUT2D eigenvalue weighted by molar-refractivity contribution is 0.0695. The van der Waals surface area contributed by atoms with Crippen LogP contribution in [0.4, 0.5) is 8.78 Å². The minimum Gasteiger partial charge on any atom is -0.478 e. The maximum atomic E-state index is 13.6. The first kappa shape index (κ1) is 13.2. The van der Waals surface area contributed by atoms with E-state index in [1.807, 2.05) is 0 Å². The summed E-state index contributed by atoms with van der Waals surface area (Å²) in [6, 6.07) is 3.87. The molecule has 0 spiro atoms. The molecule has 0 atom stereocenters. The number of aryl methyl sites for hydroxylation is 1.